The first kappa shape index (κ1) is 11.6. The molecule has 0 radical (unpaired) electrons. The van der Waals surface area contributed by atoms with Crippen LogP contribution in [0.3, 0.4) is 0 Å². The van der Waals surface area contributed by atoms with Gasteiger partial charge in [-0.2, -0.15) is 0 Å². The van der Waals surface area contributed by atoms with Crippen molar-refractivity contribution in [3.05, 3.63) is 47.0 Å². The van der Waals surface area contributed by atoms with Crippen LogP contribution in [0.15, 0.2) is 35.9 Å². The Bertz CT molecular complexity index is 483. The first-order chi connectivity index (χ1) is 8.08. The van der Waals surface area contributed by atoms with E-state index in [1.54, 1.807) is 0 Å². The molecule has 0 amide bonds. The van der Waals surface area contributed by atoms with Gasteiger partial charge in [0.1, 0.15) is 0 Å². The van der Waals surface area contributed by atoms with Gasteiger partial charge in [0.15, 0.2) is 5.78 Å². The van der Waals surface area contributed by atoms with Gasteiger partial charge in [-0.05, 0) is 25.0 Å². The lowest BCUT2D eigenvalue weighted by Crippen LogP contribution is -2.18. The lowest BCUT2D eigenvalue weighted by molar-refractivity contribution is -0.133. The van der Waals surface area contributed by atoms with E-state index in [0.717, 1.165) is 11.1 Å². The summed E-state index contributed by atoms with van der Waals surface area (Å²) in [7, 11) is 0. The molecular formula is C14H14O3. The third kappa shape index (κ3) is 2.44. The Kier molecular flexibility index (Phi) is 3.09. The van der Waals surface area contributed by atoms with Crippen molar-refractivity contribution in [3.63, 3.8) is 0 Å². The zero-order valence-corrected chi connectivity index (χ0v) is 9.64. The molecular weight excluding hydrogens is 216 g/mol. The van der Waals surface area contributed by atoms with Crippen molar-refractivity contribution in [3.8, 4) is 0 Å². The van der Waals surface area contributed by atoms with Gasteiger partial charge in [-0.3, -0.25) is 4.79 Å². The molecule has 0 saturated carbocycles. The predicted molar refractivity (Wildman–Crippen MR) is 63.9 cm³/mol. The van der Waals surface area contributed by atoms with Crippen molar-refractivity contribution in [1.29, 1.82) is 0 Å². The van der Waals surface area contributed by atoms with Gasteiger partial charge in [0.2, 0.25) is 0 Å². The van der Waals surface area contributed by atoms with Crippen LogP contribution in [-0.4, -0.2) is 16.9 Å². The minimum Gasteiger partial charge on any atom is -0.478 e. The molecule has 0 saturated heterocycles. The summed E-state index contributed by atoms with van der Waals surface area (Å²) < 4.78 is 0. The van der Waals surface area contributed by atoms with Crippen LogP contribution in [0.1, 0.15) is 29.9 Å². The van der Waals surface area contributed by atoms with Gasteiger partial charge in [0, 0.05) is 17.9 Å². The lowest BCUT2D eigenvalue weighted by Gasteiger charge is -2.21. The second-order valence-corrected chi connectivity index (χ2v) is 4.37. The van der Waals surface area contributed by atoms with E-state index in [4.69, 9.17) is 5.11 Å². The van der Waals surface area contributed by atoms with Crippen LogP contribution in [0, 0.1) is 6.92 Å². The number of ketones is 1. The highest BCUT2D eigenvalue weighted by Gasteiger charge is 2.27. The zero-order chi connectivity index (χ0) is 12.4. The van der Waals surface area contributed by atoms with E-state index in [2.05, 4.69) is 0 Å². The number of carbonyl (C=O) groups excluding carboxylic acids is 1. The Morgan fingerprint density at radius 2 is 1.94 bits per heavy atom. The Morgan fingerprint density at radius 1 is 1.29 bits per heavy atom. The summed E-state index contributed by atoms with van der Waals surface area (Å²) in [5, 5.41) is 9.12. The normalized spacial score (nSPS) is 19.9. The van der Waals surface area contributed by atoms with Gasteiger partial charge in [-0.1, -0.05) is 29.8 Å². The summed E-state index contributed by atoms with van der Waals surface area (Å²) in [6.07, 6.45) is 2.28. The van der Waals surface area contributed by atoms with Crippen molar-refractivity contribution >= 4 is 11.8 Å². The smallest absolute Gasteiger partial charge is 0.332 e. The molecule has 1 unspecified atom stereocenters. The molecule has 17 heavy (non-hydrogen) atoms. The molecule has 0 fully saturated rings. The number of hydrogen-bond donors (Lipinski definition) is 1. The Hall–Kier alpha value is -1.90. The van der Waals surface area contributed by atoms with Gasteiger partial charge in [-0.15, -0.1) is 0 Å². The summed E-state index contributed by atoms with van der Waals surface area (Å²) in [6.45, 7) is 1.99. The minimum atomic E-state index is -0.997. The van der Waals surface area contributed by atoms with E-state index >= 15 is 0 Å². The summed E-state index contributed by atoms with van der Waals surface area (Å²) in [5.41, 5.74) is 2.32. The fraction of sp³-hybridized carbons (Fsp3) is 0.286. The monoisotopic (exact) mass is 230 g/mol. The molecule has 0 aromatic heterocycles. The molecule has 1 atom stereocenters. The Morgan fingerprint density at radius 3 is 2.53 bits per heavy atom. The van der Waals surface area contributed by atoms with Crippen molar-refractivity contribution in [2.24, 2.45) is 0 Å². The number of carbonyl (C=O) groups is 2. The van der Waals surface area contributed by atoms with E-state index in [0.29, 0.717) is 12.8 Å². The second kappa shape index (κ2) is 4.53. The fourth-order valence-corrected chi connectivity index (χ4v) is 2.14. The topological polar surface area (TPSA) is 54.4 Å². The molecule has 1 aromatic rings. The maximum absolute atomic E-state index is 11.3. The molecule has 0 bridgehead atoms. The summed E-state index contributed by atoms with van der Waals surface area (Å²) in [6, 6.07) is 7.80. The maximum atomic E-state index is 11.3. The maximum Gasteiger partial charge on any atom is 0.332 e. The molecule has 1 N–H and O–H groups in total. The Balaban J connectivity index is 2.37. The number of carboxylic acid groups (broad SMARTS) is 1. The third-order valence-corrected chi connectivity index (χ3v) is 3.10. The molecule has 2 rings (SSSR count). The quantitative estimate of drug-likeness (QED) is 0.849. The molecule has 0 heterocycles. The van der Waals surface area contributed by atoms with E-state index in [1.807, 2.05) is 31.2 Å². The predicted octanol–water partition coefficient (Wildman–Crippen LogP) is 2.45. The third-order valence-electron chi connectivity index (χ3n) is 3.10. The largest absolute Gasteiger partial charge is 0.478 e. The van der Waals surface area contributed by atoms with Crippen molar-refractivity contribution in [2.45, 2.75) is 25.7 Å². The van der Waals surface area contributed by atoms with Crippen LogP contribution in [0.4, 0.5) is 0 Å². The Labute approximate surface area is 99.8 Å². The highest BCUT2D eigenvalue weighted by molar-refractivity contribution is 6.01. The van der Waals surface area contributed by atoms with Crippen LogP contribution in [0.2, 0.25) is 0 Å². The number of aliphatic carboxylic acids is 1. The lowest BCUT2D eigenvalue weighted by atomic mass is 9.82. The standard InChI is InChI=1S/C14H14O3/c1-9-2-4-10(5-3-9)12-7-6-11(15)8-13(12)14(16)17/h2-5,8,12H,6-7H2,1H3,(H,16,17). The SMILES string of the molecule is Cc1ccc(C2CCC(=O)C=C2C(=O)O)cc1. The molecule has 1 aromatic carbocycles. The molecule has 0 spiro atoms. The number of carboxylic acids is 1. The van der Waals surface area contributed by atoms with Gasteiger partial charge >= 0.3 is 5.97 Å². The van der Waals surface area contributed by atoms with Crippen molar-refractivity contribution < 1.29 is 14.7 Å². The van der Waals surface area contributed by atoms with Crippen molar-refractivity contribution in [1.82, 2.24) is 0 Å². The summed E-state index contributed by atoms with van der Waals surface area (Å²) >= 11 is 0. The van der Waals surface area contributed by atoms with Gasteiger partial charge in [0.05, 0.1) is 0 Å². The van der Waals surface area contributed by atoms with E-state index in [-0.39, 0.29) is 17.3 Å². The van der Waals surface area contributed by atoms with Gasteiger partial charge in [-0.25, -0.2) is 4.79 Å². The molecule has 1 aliphatic rings. The number of hydrogen-bond acceptors (Lipinski definition) is 2. The molecule has 3 heteroatoms. The summed E-state index contributed by atoms with van der Waals surface area (Å²) in [4.78, 5) is 22.4. The number of rotatable bonds is 2. The van der Waals surface area contributed by atoms with Crippen LogP contribution in [0.5, 0.6) is 0 Å². The van der Waals surface area contributed by atoms with Crippen LogP contribution in [0.25, 0.3) is 0 Å². The average molecular weight is 230 g/mol. The first-order valence-corrected chi connectivity index (χ1v) is 5.62. The minimum absolute atomic E-state index is 0.0919. The van der Waals surface area contributed by atoms with E-state index < -0.39 is 5.97 Å². The number of benzene rings is 1. The molecule has 1 aliphatic carbocycles. The first-order valence-electron chi connectivity index (χ1n) is 5.62. The van der Waals surface area contributed by atoms with E-state index in [1.165, 1.54) is 6.08 Å². The van der Waals surface area contributed by atoms with Gasteiger partial charge in [0.25, 0.3) is 0 Å². The summed E-state index contributed by atoms with van der Waals surface area (Å²) in [5.74, 6) is -1.25. The number of aryl methyl sites for hydroxylation is 1. The number of allylic oxidation sites excluding steroid dienone is 1. The van der Waals surface area contributed by atoms with Crippen molar-refractivity contribution in [2.75, 3.05) is 0 Å². The van der Waals surface area contributed by atoms with E-state index in [9.17, 15) is 9.59 Å². The van der Waals surface area contributed by atoms with Crippen LogP contribution >= 0.6 is 0 Å². The van der Waals surface area contributed by atoms with Crippen LogP contribution in [-0.2, 0) is 9.59 Å². The molecule has 3 nitrogen and oxygen atoms in total. The highest BCUT2D eigenvalue weighted by atomic mass is 16.4. The second-order valence-electron chi connectivity index (χ2n) is 4.37. The highest BCUT2D eigenvalue weighted by Crippen LogP contribution is 2.33. The zero-order valence-electron chi connectivity index (χ0n) is 9.64. The fourth-order valence-electron chi connectivity index (χ4n) is 2.14. The molecule has 88 valence electrons. The molecule has 0 aliphatic heterocycles. The average Bonchev–Trinajstić information content (AvgIpc) is 2.30. The van der Waals surface area contributed by atoms with Gasteiger partial charge < -0.3 is 5.11 Å². The van der Waals surface area contributed by atoms with Crippen LogP contribution < -0.4 is 0 Å².